The first-order valence-corrected chi connectivity index (χ1v) is 3.79. The van der Waals surface area contributed by atoms with Crippen molar-refractivity contribution in [2.45, 2.75) is 6.61 Å². The van der Waals surface area contributed by atoms with Crippen molar-refractivity contribution in [3.8, 4) is 5.75 Å². The predicted octanol–water partition coefficient (Wildman–Crippen LogP) is 1.62. The van der Waals surface area contributed by atoms with Crippen molar-refractivity contribution < 1.29 is 14.6 Å². The Morgan fingerprint density at radius 3 is 2.62 bits per heavy atom. The molecular formula is C10H10O3. The number of phenols is 1. The first kappa shape index (κ1) is 9.32. The van der Waals surface area contributed by atoms with Gasteiger partial charge in [0.25, 0.3) is 0 Å². The summed E-state index contributed by atoms with van der Waals surface area (Å²) in [5.74, 6) is -0.258. The first-order valence-electron chi connectivity index (χ1n) is 3.79. The van der Waals surface area contributed by atoms with Gasteiger partial charge in [-0.2, -0.15) is 0 Å². The van der Waals surface area contributed by atoms with Gasteiger partial charge in [-0.25, -0.2) is 4.79 Å². The van der Waals surface area contributed by atoms with Gasteiger partial charge in [0.15, 0.2) is 0 Å². The summed E-state index contributed by atoms with van der Waals surface area (Å²) in [6.45, 7) is 3.47. The number of carbonyl (C=O) groups excluding carboxylic acids is 1. The van der Waals surface area contributed by atoms with E-state index in [-0.39, 0.29) is 12.4 Å². The molecule has 0 spiro atoms. The number of benzene rings is 1. The summed E-state index contributed by atoms with van der Waals surface area (Å²) in [6.07, 6.45) is 1.11. The lowest BCUT2D eigenvalue weighted by Gasteiger charge is -2.01. The van der Waals surface area contributed by atoms with Crippen molar-refractivity contribution >= 4 is 5.97 Å². The second kappa shape index (κ2) is 4.30. The molecule has 0 unspecified atom stereocenters. The summed E-state index contributed by atoms with van der Waals surface area (Å²) in [4.78, 5) is 10.7. The number of ether oxygens (including phenoxy) is 1. The van der Waals surface area contributed by atoms with Crippen LogP contribution < -0.4 is 0 Å². The molecule has 0 aliphatic heterocycles. The number of hydrogen-bond acceptors (Lipinski definition) is 3. The van der Waals surface area contributed by atoms with Crippen LogP contribution in [0.5, 0.6) is 5.75 Å². The second-order valence-corrected chi connectivity index (χ2v) is 2.48. The highest BCUT2D eigenvalue weighted by atomic mass is 16.5. The third-order valence-electron chi connectivity index (χ3n) is 1.48. The molecule has 1 aromatic carbocycles. The van der Waals surface area contributed by atoms with E-state index in [0.717, 1.165) is 11.6 Å². The zero-order valence-electron chi connectivity index (χ0n) is 7.06. The quantitative estimate of drug-likeness (QED) is 0.565. The maximum atomic E-state index is 10.7. The normalized spacial score (nSPS) is 9.23. The van der Waals surface area contributed by atoms with Gasteiger partial charge in [-0.1, -0.05) is 18.7 Å². The van der Waals surface area contributed by atoms with Gasteiger partial charge >= 0.3 is 5.97 Å². The Morgan fingerprint density at radius 1 is 1.46 bits per heavy atom. The van der Waals surface area contributed by atoms with Crippen molar-refractivity contribution in [2.24, 2.45) is 0 Å². The van der Waals surface area contributed by atoms with Crippen molar-refractivity contribution in [3.63, 3.8) is 0 Å². The average molecular weight is 178 g/mol. The van der Waals surface area contributed by atoms with Crippen molar-refractivity contribution in [3.05, 3.63) is 42.5 Å². The van der Waals surface area contributed by atoms with E-state index in [1.807, 2.05) is 0 Å². The molecule has 3 nitrogen and oxygen atoms in total. The minimum Gasteiger partial charge on any atom is -0.508 e. The number of rotatable bonds is 3. The highest BCUT2D eigenvalue weighted by molar-refractivity contribution is 5.81. The lowest BCUT2D eigenvalue weighted by molar-refractivity contribution is -0.138. The van der Waals surface area contributed by atoms with Crippen LogP contribution in [0.1, 0.15) is 5.56 Å². The SMILES string of the molecule is C=CC(=O)OCc1ccc(O)cc1. The van der Waals surface area contributed by atoms with Gasteiger partial charge in [-0.3, -0.25) is 0 Å². The minimum atomic E-state index is -0.451. The Kier molecular flexibility index (Phi) is 3.09. The smallest absolute Gasteiger partial charge is 0.330 e. The first-order chi connectivity index (χ1) is 6.22. The van der Waals surface area contributed by atoms with E-state index in [1.54, 1.807) is 12.1 Å². The average Bonchev–Trinajstić information content (AvgIpc) is 2.16. The topological polar surface area (TPSA) is 46.5 Å². The largest absolute Gasteiger partial charge is 0.508 e. The molecule has 0 saturated carbocycles. The van der Waals surface area contributed by atoms with Crippen LogP contribution in [0.25, 0.3) is 0 Å². The fourth-order valence-corrected chi connectivity index (χ4v) is 0.806. The van der Waals surface area contributed by atoms with Gasteiger partial charge in [-0.15, -0.1) is 0 Å². The molecule has 0 aliphatic rings. The molecule has 0 radical (unpaired) electrons. The lowest BCUT2D eigenvalue weighted by Crippen LogP contribution is -1.99. The van der Waals surface area contributed by atoms with Gasteiger partial charge in [0, 0.05) is 6.08 Å². The molecular weight excluding hydrogens is 168 g/mol. The third-order valence-corrected chi connectivity index (χ3v) is 1.48. The van der Waals surface area contributed by atoms with Crippen LogP contribution in [0.2, 0.25) is 0 Å². The Bertz CT molecular complexity index is 300. The molecule has 0 aliphatic carbocycles. The Hall–Kier alpha value is -1.77. The standard InChI is InChI=1S/C10H10O3/c1-2-10(12)13-7-8-3-5-9(11)6-4-8/h2-6,11H,1,7H2. The minimum absolute atomic E-state index is 0.193. The Morgan fingerprint density at radius 2 is 2.08 bits per heavy atom. The molecule has 0 atom stereocenters. The fraction of sp³-hybridized carbons (Fsp3) is 0.100. The summed E-state index contributed by atoms with van der Waals surface area (Å²) in [6, 6.07) is 6.45. The summed E-state index contributed by atoms with van der Waals surface area (Å²) >= 11 is 0. The lowest BCUT2D eigenvalue weighted by atomic mass is 10.2. The molecule has 3 heteroatoms. The van der Waals surface area contributed by atoms with Gasteiger partial charge in [0.1, 0.15) is 12.4 Å². The van der Waals surface area contributed by atoms with Gasteiger partial charge in [0.2, 0.25) is 0 Å². The van der Waals surface area contributed by atoms with E-state index < -0.39 is 5.97 Å². The van der Waals surface area contributed by atoms with E-state index in [1.165, 1.54) is 12.1 Å². The molecule has 1 N–H and O–H groups in total. The van der Waals surface area contributed by atoms with Crippen LogP contribution in [0.15, 0.2) is 36.9 Å². The maximum Gasteiger partial charge on any atom is 0.330 e. The van der Waals surface area contributed by atoms with E-state index in [2.05, 4.69) is 6.58 Å². The van der Waals surface area contributed by atoms with Gasteiger partial charge in [-0.05, 0) is 17.7 Å². The number of aromatic hydroxyl groups is 1. The van der Waals surface area contributed by atoms with E-state index >= 15 is 0 Å². The van der Waals surface area contributed by atoms with Crippen molar-refractivity contribution in [1.82, 2.24) is 0 Å². The van der Waals surface area contributed by atoms with Crippen LogP contribution in [0.3, 0.4) is 0 Å². The number of carbonyl (C=O) groups is 1. The van der Waals surface area contributed by atoms with Gasteiger partial charge in [0.05, 0.1) is 0 Å². The molecule has 1 rings (SSSR count). The fourth-order valence-electron chi connectivity index (χ4n) is 0.806. The maximum absolute atomic E-state index is 10.7. The molecule has 1 aromatic rings. The number of hydrogen-bond donors (Lipinski definition) is 1. The second-order valence-electron chi connectivity index (χ2n) is 2.48. The molecule has 0 fully saturated rings. The zero-order valence-corrected chi connectivity index (χ0v) is 7.06. The van der Waals surface area contributed by atoms with Crippen LogP contribution in [-0.4, -0.2) is 11.1 Å². The monoisotopic (exact) mass is 178 g/mol. The molecule has 0 aromatic heterocycles. The molecule has 0 amide bonds. The summed E-state index contributed by atoms with van der Waals surface area (Å²) in [5, 5.41) is 8.96. The molecule has 13 heavy (non-hydrogen) atoms. The Balaban J connectivity index is 2.50. The van der Waals surface area contributed by atoms with E-state index in [9.17, 15) is 4.79 Å². The van der Waals surface area contributed by atoms with Gasteiger partial charge < -0.3 is 9.84 Å². The highest BCUT2D eigenvalue weighted by Gasteiger charge is 1.97. The molecule has 0 bridgehead atoms. The van der Waals surface area contributed by atoms with E-state index in [0.29, 0.717) is 0 Å². The summed E-state index contributed by atoms with van der Waals surface area (Å²) < 4.78 is 4.78. The van der Waals surface area contributed by atoms with Crippen LogP contribution >= 0.6 is 0 Å². The van der Waals surface area contributed by atoms with Crippen molar-refractivity contribution in [1.29, 1.82) is 0 Å². The highest BCUT2D eigenvalue weighted by Crippen LogP contribution is 2.10. The Labute approximate surface area is 76.3 Å². The predicted molar refractivity (Wildman–Crippen MR) is 48.1 cm³/mol. The van der Waals surface area contributed by atoms with Crippen LogP contribution in [-0.2, 0) is 16.1 Å². The van der Waals surface area contributed by atoms with Crippen molar-refractivity contribution in [2.75, 3.05) is 0 Å². The molecule has 0 saturated heterocycles. The van der Waals surface area contributed by atoms with Crippen LogP contribution in [0, 0.1) is 0 Å². The summed E-state index contributed by atoms with van der Waals surface area (Å²) in [5.41, 5.74) is 0.827. The van der Waals surface area contributed by atoms with Crippen LogP contribution in [0.4, 0.5) is 0 Å². The molecule has 0 heterocycles. The third kappa shape index (κ3) is 2.99. The zero-order chi connectivity index (χ0) is 9.68. The number of phenolic OH excluding ortho intramolecular Hbond substituents is 1. The summed E-state index contributed by atoms with van der Waals surface area (Å²) in [7, 11) is 0. The van der Waals surface area contributed by atoms with E-state index in [4.69, 9.17) is 9.84 Å². The molecule has 68 valence electrons. The number of esters is 1.